The first-order chi connectivity index (χ1) is 9.61. The van der Waals surface area contributed by atoms with Gasteiger partial charge in [-0.2, -0.15) is 0 Å². The Bertz CT molecular complexity index is 552. The van der Waals surface area contributed by atoms with Crippen LogP contribution in [0.15, 0.2) is 12.1 Å². The summed E-state index contributed by atoms with van der Waals surface area (Å²) in [4.78, 5) is 20.7. The van der Waals surface area contributed by atoms with Crippen molar-refractivity contribution in [2.24, 2.45) is 0 Å². The number of nitro benzene ring substituents is 1. The van der Waals surface area contributed by atoms with E-state index < -0.39 is 28.0 Å². The molecule has 0 bridgehead atoms. The number of carboxylic acid groups (broad SMARTS) is 1. The van der Waals surface area contributed by atoms with Gasteiger partial charge in [0, 0.05) is 6.07 Å². The zero-order valence-corrected chi connectivity index (χ0v) is 11.9. The Balaban J connectivity index is 2.86. The minimum atomic E-state index is -1.53. The maximum atomic E-state index is 13.7. The van der Waals surface area contributed by atoms with E-state index in [1.165, 1.54) is 0 Å². The van der Waals surface area contributed by atoms with Crippen LogP contribution >= 0.6 is 0 Å². The van der Waals surface area contributed by atoms with Crippen LogP contribution < -0.4 is 4.74 Å². The molecule has 0 saturated heterocycles. The lowest BCUT2D eigenvalue weighted by Gasteiger charge is -2.19. The van der Waals surface area contributed by atoms with Gasteiger partial charge in [0.15, 0.2) is 11.6 Å². The molecule has 0 aliphatic carbocycles. The summed E-state index contributed by atoms with van der Waals surface area (Å²) >= 11 is 0. The van der Waals surface area contributed by atoms with Crippen molar-refractivity contribution in [1.82, 2.24) is 0 Å². The topological polar surface area (TPSA) is 98.9 Å². The Labute approximate surface area is 120 Å². The number of benzene rings is 1. The molecule has 0 heterocycles. The van der Waals surface area contributed by atoms with Gasteiger partial charge in [0.2, 0.25) is 0 Å². The molecule has 0 spiro atoms. The van der Waals surface area contributed by atoms with E-state index in [2.05, 4.69) is 0 Å². The van der Waals surface area contributed by atoms with Crippen molar-refractivity contribution in [2.45, 2.75) is 26.4 Å². The Hall–Kier alpha value is -2.22. The van der Waals surface area contributed by atoms with Gasteiger partial charge < -0.3 is 14.6 Å². The summed E-state index contributed by atoms with van der Waals surface area (Å²) in [5, 5.41) is 19.6. The number of nitrogens with zero attached hydrogens (tertiary/aromatic N) is 1. The average molecular weight is 301 g/mol. The summed E-state index contributed by atoms with van der Waals surface area (Å²) < 4.78 is 24.1. The van der Waals surface area contributed by atoms with Crippen molar-refractivity contribution in [2.75, 3.05) is 13.2 Å². The van der Waals surface area contributed by atoms with E-state index in [0.29, 0.717) is 6.07 Å². The summed E-state index contributed by atoms with van der Waals surface area (Å²) in [6, 6.07) is 1.33. The van der Waals surface area contributed by atoms with Gasteiger partial charge >= 0.3 is 5.97 Å². The number of nitro groups is 1. The van der Waals surface area contributed by atoms with Crippen LogP contribution in [0.5, 0.6) is 5.75 Å². The van der Waals surface area contributed by atoms with Gasteiger partial charge in [0.05, 0.1) is 23.2 Å². The standard InChI is InChI=1S/C13H16FNO6/c1-13(2,3)21-5-4-20-11-6-8(12(16)17)10(15(18)19)7-9(11)14/h6-7H,4-5H2,1-3H3,(H,16,17). The highest BCUT2D eigenvalue weighted by Crippen LogP contribution is 2.27. The first kappa shape index (κ1) is 16.8. The van der Waals surface area contributed by atoms with Crippen molar-refractivity contribution >= 4 is 11.7 Å². The molecule has 0 radical (unpaired) electrons. The lowest BCUT2D eigenvalue weighted by Crippen LogP contribution is -2.22. The quantitative estimate of drug-likeness (QED) is 0.492. The second-order valence-corrected chi connectivity index (χ2v) is 5.17. The number of carboxylic acids is 1. The number of halogens is 1. The fourth-order valence-electron chi connectivity index (χ4n) is 1.48. The minimum absolute atomic E-state index is 0.00887. The Morgan fingerprint density at radius 1 is 1.38 bits per heavy atom. The van der Waals surface area contributed by atoms with Crippen LogP contribution in [0.3, 0.4) is 0 Å². The van der Waals surface area contributed by atoms with E-state index >= 15 is 0 Å². The maximum Gasteiger partial charge on any atom is 0.342 e. The van der Waals surface area contributed by atoms with E-state index in [-0.39, 0.29) is 24.6 Å². The molecule has 0 saturated carbocycles. The zero-order valence-electron chi connectivity index (χ0n) is 11.9. The molecule has 0 aromatic heterocycles. The zero-order chi connectivity index (χ0) is 16.2. The van der Waals surface area contributed by atoms with Gasteiger partial charge in [-0.1, -0.05) is 0 Å². The summed E-state index contributed by atoms with van der Waals surface area (Å²) in [5.74, 6) is -2.89. The van der Waals surface area contributed by atoms with Crippen molar-refractivity contribution in [3.8, 4) is 5.75 Å². The largest absolute Gasteiger partial charge is 0.488 e. The van der Waals surface area contributed by atoms with E-state index in [1.807, 2.05) is 20.8 Å². The molecule has 0 aliphatic heterocycles. The van der Waals surface area contributed by atoms with Crippen LogP contribution in [0, 0.1) is 15.9 Å². The van der Waals surface area contributed by atoms with Crippen molar-refractivity contribution in [3.63, 3.8) is 0 Å². The first-order valence-corrected chi connectivity index (χ1v) is 6.10. The van der Waals surface area contributed by atoms with Gasteiger partial charge in [0.1, 0.15) is 12.2 Å². The number of aromatic carboxylic acids is 1. The number of carbonyl (C=O) groups is 1. The third kappa shape index (κ3) is 4.99. The van der Waals surface area contributed by atoms with Crippen molar-refractivity contribution < 1.29 is 28.7 Å². The molecular formula is C13H16FNO6. The molecule has 0 fully saturated rings. The molecule has 21 heavy (non-hydrogen) atoms. The van der Waals surface area contributed by atoms with E-state index in [0.717, 1.165) is 6.07 Å². The first-order valence-electron chi connectivity index (χ1n) is 6.10. The maximum absolute atomic E-state index is 13.7. The predicted molar refractivity (Wildman–Crippen MR) is 71.2 cm³/mol. The average Bonchev–Trinajstić information content (AvgIpc) is 2.33. The Morgan fingerprint density at radius 3 is 2.48 bits per heavy atom. The summed E-state index contributed by atoms with van der Waals surface area (Å²) in [7, 11) is 0. The van der Waals surface area contributed by atoms with Crippen LogP contribution in [-0.2, 0) is 4.74 Å². The van der Waals surface area contributed by atoms with E-state index in [9.17, 15) is 19.3 Å². The molecule has 0 aliphatic rings. The molecule has 8 heteroatoms. The monoisotopic (exact) mass is 301 g/mol. The molecule has 1 aromatic rings. The molecular weight excluding hydrogens is 285 g/mol. The second kappa shape index (κ2) is 6.49. The number of hydrogen-bond donors (Lipinski definition) is 1. The molecule has 0 amide bonds. The van der Waals surface area contributed by atoms with Crippen LogP contribution in [0.1, 0.15) is 31.1 Å². The summed E-state index contributed by atoms with van der Waals surface area (Å²) in [5.41, 5.74) is -1.84. The van der Waals surface area contributed by atoms with Crippen molar-refractivity contribution in [1.29, 1.82) is 0 Å². The molecule has 7 nitrogen and oxygen atoms in total. The lowest BCUT2D eigenvalue weighted by atomic mass is 10.1. The van der Waals surface area contributed by atoms with Gasteiger partial charge in [-0.25, -0.2) is 9.18 Å². The minimum Gasteiger partial charge on any atom is -0.488 e. The number of rotatable bonds is 6. The molecule has 116 valence electrons. The second-order valence-electron chi connectivity index (χ2n) is 5.17. The van der Waals surface area contributed by atoms with Crippen LogP contribution in [0.25, 0.3) is 0 Å². The molecule has 0 atom stereocenters. The van der Waals surface area contributed by atoms with E-state index in [1.54, 1.807) is 0 Å². The Morgan fingerprint density at radius 2 is 2.00 bits per heavy atom. The number of ether oxygens (including phenoxy) is 2. The van der Waals surface area contributed by atoms with Gasteiger partial charge in [0.25, 0.3) is 5.69 Å². The number of hydrogen-bond acceptors (Lipinski definition) is 5. The third-order valence-corrected chi connectivity index (χ3v) is 2.35. The molecule has 0 unspecified atom stereocenters. The van der Waals surface area contributed by atoms with Gasteiger partial charge in [-0.3, -0.25) is 10.1 Å². The fraction of sp³-hybridized carbons (Fsp3) is 0.462. The van der Waals surface area contributed by atoms with Crippen LogP contribution in [0.4, 0.5) is 10.1 Å². The molecule has 1 rings (SSSR count). The van der Waals surface area contributed by atoms with Gasteiger partial charge in [-0.15, -0.1) is 0 Å². The van der Waals surface area contributed by atoms with E-state index in [4.69, 9.17) is 14.6 Å². The molecule has 1 aromatic carbocycles. The smallest absolute Gasteiger partial charge is 0.342 e. The Kier molecular flexibility index (Phi) is 5.20. The predicted octanol–water partition coefficient (Wildman–Crippen LogP) is 2.63. The summed E-state index contributed by atoms with van der Waals surface area (Å²) in [6.45, 7) is 5.67. The SMILES string of the molecule is CC(C)(C)OCCOc1cc(C(=O)O)c([N+](=O)[O-])cc1F. The van der Waals surface area contributed by atoms with Crippen LogP contribution in [-0.4, -0.2) is 34.8 Å². The van der Waals surface area contributed by atoms with Crippen LogP contribution in [0.2, 0.25) is 0 Å². The van der Waals surface area contributed by atoms with Crippen molar-refractivity contribution in [3.05, 3.63) is 33.6 Å². The highest BCUT2D eigenvalue weighted by atomic mass is 19.1. The lowest BCUT2D eigenvalue weighted by molar-refractivity contribution is -0.385. The molecule has 1 N–H and O–H groups in total. The summed E-state index contributed by atoms with van der Waals surface area (Å²) in [6.07, 6.45) is 0. The van der Waals surface area contributed by atoms with Gasteiger partial charge in [-0.05, 0) is 20.8 Å². The fourth-order valence-corrected chi connectivity index (χ4v) is 1.48. The normalized spacial score (nSPS) is 11.2. The third-order valence-electron chi connectivity index (χ3n) is 2.35. The highest BCUT2D eigenvalue weighted by molar-refractivity contribution is 5.92. The highest BCUT2D eigenvalue weighted by Gasteiger charge is 2.24.